The maximum absolute atomic E-state index is 11.9. The van der Waals surface area contributed by atoms with E-state index in [0.29, 0.717) is 23.5 Å². The fraction of sp³-hybridized carbons (Fsp3) is 0.267. The van der Waals surface area contributed by atoms with E-state index in [-0.39, 0.29) is 5.56 Å². The second-order valence-electron chi connectivity index (χ2n) is 5.05. The number of aromatic amines is 1. The number of nitrogens with zero attached hydrogens (tertiary/aromatic N) is 3. The summed E-state index contributed by atoms with van der Waals surface area (Å²) in [5, 5.41) is 0. The molecule has 2 aromatic heterocycles. The molecule has 3 aromatic rings. The molecule has 3 rings (SSSR count). The van der Waals surface area contributed by atoms with Crippen LogP contribution in [0.5, 0.6) is 0 Å². The minimum Gasteiger partial charge on any atom is -0.309 e. The van der Waals surface area contributed by atoms with Crippen molar-refractivity contribution in [3.8, 4) is 0 Å². The number of hydrogen-bond donors (Lipinski definition) is 1. The molecule has 0 saturated heterocycles. The van der Waals surface area contributed by atoms with E-state index in [9.17, 15) is 4.79 Å². The minimum atomic E-state index is -0.182. The van der Waals surface area contributed by atoms with E-state index < -0.39 is 0 Å². The zero-order chi connectivity index (χ0) is 14.3. The summed E-state index contributed by atoms with van der Waals surface area (Å²) in [4.78, 5) is 23.3. The first kappa shape index (κ1) is 12.6. The molecule has 0 aliphatic rings. The molecule has 102 valence electrons. The van der Waals surface area contributed by atoms with Crippen LogP contribution in [0.4, 0.5) is 0 Å². The highest BCUT2D eigenvalue weighted by Gasteiger charge is 2.12. The zero-order valence-corrected chi connectivity index (χ0v) is 11.8. The molecule has 0 saturated carbocycles. The van der Waals surface area contributed by atoms with Crippen molar-refractivity contribution in [2.45, 2.75) is 27.3 Å². The van der Waals surface area contributed by atoms with E-state index in [1.807, 2.05) is 11.5 Å². The largest absolute Gasteiger partial charge is 0.309 e. The lowest BCUT2D eigenvalue weighted by Crippen LogP contribution is -2.11. The Hall–Kier alpha value is -2.43. The lowest BCUT2D eigenvalue weighted by atomic mass is 10.1. The molecular formula is C15H16N4O. The highest BCUT2D eigenvalue weighted by Crippen LogP contribution is 2.13. The van der Waals surface area contributed by atoms with Crippen molar-refractivity contribution >= 4 is 11.2 Å². The van der Waals surface area contributed by atoms with Crippen LogP contribution in [0.3, 0.4) is 0 Å². The van der Waals surface area contributed by atoms with Crippen LogP contribution in [-0.4, -0.2) is 19.5 Å². The predicted molar refractivity (Wildman–Crippen MR) is 77.9 cm³/mol. The first-order chi connectivity index (χ1) is 9.54. The summed E-state index contributed by atoms with van der Waals surface area (Å²) < 4.78 is 1.97. The van der Waals surface area contributed by atoms with Gasteiger partial charge in [0.2, 0.25) is 0 Å². The maximum atomic E-state index is 11.9. The molecule has 5 nitrogen and oxygen atoms in total. The van der Waals surface area contributed by atoms with Crippen LogP contribution < -0.4 is 5.56 Å². The zero-order valence-electron chi connectivity index (χ0n) is 11.8. The van der Waals surface area contributed by atoms with E-state index in [1.165, 1.54) is 5.56 Å². The Morgan fingerprint density at radius 1 is 1.10 bits per heavy atom. The van der Waals surface area contributed by atoms with Crippen molar-refractivity contribution in [2.75, 3.05) is 0 Å². The van der Waals surface area contributed by atoms with E-state index in [1.54, 1.807) is 6.92 Å². The van der Waals surface area contributed by atoms with Gasteiger partial charge in [-0.25, -0.2) is 9.97 Å². The smallest absolute Gasteiger partial charge is 0.279 e. The Bertz CT molecular complexity index is 827. The molecule has 20 heavy (non-hydrogen) atoms. The number of aryl methyl sites for hydroxylation is 3. The summed E-state index contributed by atoms with van der Waals surface area (Å²) in [6.45, 7) is 6.40. The molecule has 0 aliphatic heterocycles. The molecule has 1 N–H and O–H groups in total. The van der Waals surface area contributed by atoms with Gasteiger partial charge in [-0.3, -0.25) is 4.79 Å². The van der Waals surface area contributed by atoms with Crippen LogP contribution in [0.25, 0.3) is 11.2 Å². The molecule has 0 radical (unpaired) electrons. The average Bonchev–Trinajstić information content (AvgIpc) is 2.70. The first-order valence-electron chi connectivity index (χ1n) is 6.54. The Kier molecular flexibility index (Phi) is 2.89. The Morgan fingerprint density at radius 2 is 1.80 bits per heavy atom. The number of benzene rings is 1. The van der Waals surface area contributed by atoms with Gasteiger partial charge in [-0.05, 0) is 26.3 Å². The number of H-pyrrole nitrogens is 1. The second-order valence-corrected chi connectivity index (χ2v) is 5.05. The monoisotopic (exact) mass is 268 g/mol. The third-order valence-electron chi connectivity index (χ3n) is 3.38. The van der Waals surface area contributed by atoms with Gasteiger partial charge in [0.25, 0.3) is 5.56 Å². The van der Waals surface area contributed by atoms with Crippen LogP contribution >= 0.6 is 0 Å². The van der Waals surface area contributed by atoms with Crippen molar-refractivity contribution in [1.29, 1.82) is 0 Å². The van der Waals surface area contributed by atoms with Crippen molar-refractivity contribution in [3.63, 3.8) is 0 Å². The van der Waals surface area contributed by atoms with E-state index in [4.69, 9.17) is 0 Å². The second kappa shape index (κ2) is 4.59. The van der Waals surface area contributed by atoms with Crippen molar-refractivity contribution < 1.29 is 0 Å². The SMILES string of the molecule is Cc1ccc(Cn2c(C)nc3c(=O)[nH]c(C)nc32)cc1. The van der Waals surface area contributed by atoms with Crippen molar-refractivity contribution in [2.24, 2.45) is 0 Å². The molecule has 2 heterocycles. The summed E-state index contributed by atoms with van der Waals surface area (Å²) in [7, 11) is 0. The Morgan fingerprint density at radius 3 is 2.50 bits per heavy atom. The standard InChI is InChI=1S/C15H16N4O/c1-9-4-6-12(7-5-9)8-19-11(3)18-13-14(19)16-10(2)17-15(13)20/h4-7H,8H2,1-3H3,(H,16,17,20). The lowest BCUT2D eigenvalue weighted by Gasteiger charge is -2.07. The average molecular weight is 268 g/mol. The van der Waals surface area contributed by atoms with E-state index in [2.05, 4.69) is 46.1 Å². The van der Waals surface area contributed by atoms with Crippen LogP contribution in [-0.2, 0) is 6.54 Å². The highest BCUT2D eigenvalue weighted by molar-refractivity contribution is 5.70. The molecule has 0 fully saturated rings. The van der Waals surface area contributed by atoms with E-state index >= 15 is 0 Å². The van der Waals surface area contributed by atoms with Crippen LogP contribution in [0, 0.1) is 20.8 Å². The van der Waals surface area contributed by atoms with Crippen molar-refractivity contribution in [1.82, 2.24) is 19.5 Å². The van der Waals surface area contributed by atoms with Gasteiger partial charge in [-0.15, -0.1) is 0 Å². The highest BCUT2D eigenvalue weighted by atomic mass is 16.1. The minimum absolute atomic E-state index is 0.182. The summed E-state index contributed by atoms with van der Waals surface area (Å²) in [6, 6.07) is 8.33. The lowest BCUT2D eigenvalue weighted by molar-refractivity contribution is 0.774. The molecule has 0 aliphatic carbocycles. The van der Waals surface area contributed by atoms with Crippen molar-refractivity contribution in [3.05, 3.63) is 57.4 Å². The quantitative estimate of drug-likeness (QED) is 0.774. The number of hydrogen-bond acceptors (Lipinski definition) is 3. The third kappa shape index (κ3) is 2.11. The summed E-state index contributed by atoms with van der Waals surface area (Å²) >= 11 is 0. The predicted octanol–water partition coefficient (Wildman–Crippen LogP) is 2.09. The van der Waals surface area contributed by atoms with Crippen LogP contribution in [0.1, 0.15) is 22.8 Å². The van der Waals surface area contributed by atoms with Gasteiger partial charge >= 0.3 is 0 Å². The normalized spacial score (nSPS) is 11.2. The van der Waals surface area contributed by atoms with Gasteiger partial charge in [0.05, 0.1) is 6.54 Å². The van der Waals surface area contributed by atoms with Gasteiger partial charge in [0.15, 0.2) is 11.2 Å². The number of imidazole rings is 1. The Labute approximate surface area is 116 Å². The van der Waals surface area contributed by atoms with Crippen LogP contribution in [0.15, 0.2) is 29.1 Å². The molecule has 0 spiro atoms. The summed E-state index contributed by atoms with van der Waals surface area (Å²) in [5.74, 6) is 1.40. The number of aromatic nitrogens is 4. The molecule has 5 heteroatoms. The van der Waals surface area contributed by atoms with Gasteiger partial charge in [0.1, 0.15) is 11.6 Å². The number of nitrogens with one attached hydrogen (secondary N) is 1. The molecule has 0 unspecified atom stereocenters. The van der Waals surface area contributed by atoms with Gasteiger partial charge in [-0.1, -0.05) is 29.8 Å². The number of fused-ring (bicyclic) bond motifs is 1. The molecule has 0 bridgehead atoms. The fourth-order valence-electron chi connectivity index (χ4n) is 2.29. The van der Waals surface area contributed by atoms with E-state index in [0.717, 1.165) is 11.4 Å². The molecule has 0 atom stereocenters. The van der Waals surface area contributed by atoms with Gasteiger partial charge in [-0.2, -0.15) is 0 Å². The molecular weight excluding hydrogens is 252 g/mol. The van der Waals surface area contributed by atoms with Gasteiger partial charge in [0, 0.05) is 0 Å². The topological polar surface area (TPSA) is 63.6 Å². The Balaban J connectivity index is 2.13. The van der Waals surface area contributed by atoms with Crippen LogP contribution in [0.2, 0.25) is 0 Å². The fourth-order valence-corrected chi connectivity index (χ4v) is 2.29. The first-order valence-corrected chi connectivity index (χ1v) is 6.54. The number of rotatable bonds is 2. The van der Waals surface area contributed by atoms with Gasteiger partial charge < -0.3 is 9.55 Å². The summed E-state index contributed by atoms with van der Waals surface area (Å²) in [6.07, 6.45) is 0. The third-order valence-corrected chi connectivity index (χ3v) is 3.38. The molecule has 1 aromatic carbocycles. The summed E-state index contributed by atoms with van der Waals surface area (Å²) in [5.41, 5.74) is 3.26. The maximum Gasteiger partial charge on any atom is 0.279 e. The molecule has 0 amide bonds.